The third kappa shape index (κ3) is 6.50. The van der Waals surface area contributed by atoms with Crippen molar-refractivity contribution in [2.75, 3.05) is 6.54 Å². The summed E-state index contributed by atoms with van der Waals surface area (Å²) in [7, 11) is -4.12. The Morgan fingerprint density at radius 1 is 1.11 bits per heavy atom. The van der Waals surface area contributed by atoms with Gasteiger partial charge < -0.3 is 10.1 Å². The van der Waals surface area contributed by atoms with Crippen LogP contribution in [0.3, 0.4) is 0 Å². The highest BCUT2D eigenvalue weighted by molar-refractivity contribution is 7.89. The van der Waals surface area contributed by atoms with Gasteiger partial charge in [0.2, 0.25) is 15.9 Å². The molecule has 0 radical (unpaired) electrons. The lowest BCUT2D eigenvalue weighted by Gasteiger charge is -2.10. The van der Waals surface area contributed by atoms with E-state index in [9.17, 15) is 30.8 Å². The Morgan fingerprint density at radius 2 is 1.75 bits per heavy atom. The number of nitrogens with one attached hydrogen (secondary N) is 2. The molecule has 2 N–H and O–H groups in total. The number of carbonyl (C=O) groups is 1. The molecule has 0 aliphatic heterocycles. The summed E-state index contributed by atoms with van der Waals surface area (Å²) in [5.74, 6) is -1.67. The molecule has 2 aromatic rings. The molecule has 0 aliphatic rings. The molecule has 0 aliphatic carbocycles. The smallest absolute Gasteiger partial charge is 0.406 e. The number of rotatable bonds is 7. The van der Waals surface area contributed by atoms with Crippen LogP contribution in [0.2, 0.25) is 0 Å². The molecule has 0 aromatic heterocycles. The zero-order valence-electron chi connectivity index (χ0n) is 14.5. The third-order valence-corrected chi connectivity index (χ3v) is 4.93. The highest BCUT2D eigenvalue weighted by atomic mass is 32.2. The van der Waals surface area contributed by atoms with Crippen LogP contribution in [0.5, 0.6) is 5.75 Å². The molecule has 0 unspecified atom stereocenters. The van der Waals surface area contributed by atoms with Crippen LogP contribution >= 0.6 is 0 Å². The maximum absolute atomic E-state index is 13.4. The van der Waals surface area contributed by atoms with Crippen LogP contribution in [0, 0.1) is 12.7 Å². The molecule has 2 rings (SSSR count). The van der Waals surface area contributed by atoms with Crippen molar-refractivity contribution < 1.29 is 35.5 Å². The number of benzene rings is 2. The second-order valence-corrected chi connectivity index (χ2v) is 7.47. The van der Waals surface area contributed by atoms with Gasteiger partial charge in [-0.1, -0.05) is 12.1 Å². The van der Waals surface area contributed by atoms with E-state index in [2.05, 4.69) is 10.1 Å². The van der Waals surface area contributed by atoms with E-state index < -0.39 is 40.4 Å². The number of halogens is 4. The van der Waals surface area contributed by atoms with Gasteiger partial charge in [0.1, 0.15) is 11.6 Å². The minimum absolute atomic E-state index is 0.00123. The predicted molar refractivity (Wildman–Crippen MR) is 91.3 cm³/mol. The summed E-state index contributed by atoms with van der Waals surface area (Å²) in [5.41, 5.74) is 0.953. The van der Waals surface area contributed by atoms with Gasteiger partial charge in [-0.2, -0.15) is 0 Å². The minimum Gasteiger partial charge on any atom is -0.406 e. The first-order chi connectivity index (χ1) is 13.0. The Morgan fingerprint density at radius 3 is 2.32 bits per heavy atom. The normalized spacial score (nSPS) is 11.9. The SMILES string of the molecule is Cc1ccc(CNC(=O)CNS(=O)(=O)c2ccc(OC(F)(F)F)cc2)cc1F. The molecule has 0 atom stereocenters. The fourth-order valence-electron chi connectivity index (χ4n) is 2.07. The average Bonchev–Trinajstić information content (AvgIpc) is 2.60. The average molecular weight is 420 g/mol. The van der Waals surface area contributed by atoms with Crippen LogP contribution in [0.1, 0.15) is 11.1 Å². The Balaban J connectivity index is 1.89. The Labute approximate surface area is 158 Å². The summed E-state index contributed by atoms with van der Waals surface area (Å²) in [5, 5.41) is 2.43. The molecule has 1 amide bonds. The van der Waals surface area contributed by atoms with Crippen molar-refractivity contribution in [2.45, 2.75) is 24.7 Å². The number of aryl methyl sites for hydroxylation is 1. The number of ether oxygens (including phenoxy) is 1. The first-order valence-corrected chi connectivity index (χ1v) is 9.32. The highest BCUT2D eigenvalue weighted by Crippen LogP contribution is 2.23. The first kappa shape index (κ1) is 21.6. The van der Waals surface area contributed by atoms with Crippen molar-refractivity contribution >= 4 is 15.9 Å². The van der Waals surface area contributed by atoms with E-state index in [1.165, 1.54) is 6.07 Å². The van der Waals surface area contributed by atoms with Gasteiger partial charge >= 0.3 is 6.36 Å². The van der Waals surface area contributed by atoms with Gasteiger partial charge in [-0.15, -0.1) is 13.2 Å². The lowest BCUT2D eigenvalue weighted by molar-refractivity contribution is -0.274. The van der Waals surface area contributed by atoms with Gasteiger partial charge in [-0.3, -0.25) is 4.79 Å². The van der Waals surface area contributed by atoms with Crippen LogP contribution in [0.25, 0.3) is 0 Å². The van der Waals surface area contributed by atoms with Gasteiger partial charge in [0.05, 0.1) is 11.4 Å². The van der Waals surface area contributed by atoms with E-state index in [1.807, 2.05) is 4.72 Å². The van der Waals surface area contributed by atoms with E-state index in [1.54, 1.807) is 19.1 Å². The molecule has 0 saturated carbocycles. The third-order valence-electron chi connectivity index (χ3n) is 3.52. The van der Waals surface area contributed by atoms with Gasteiger partial charge in [-0.25, -0.2) is 17.5 Å². The van der Waals surface area contributed by atoms with Crippen molar-refractivity contribution in [3.63, 3.8) is 0 Å². The standard InChI is InChI=1S/C17H16F4N2O4S/c1-11-2-3-12(8-15(11)18)9-22-16(24)10-23-28(25,26)14-6-4-13(5-7-14)27-17(19,20)21/h2-8,23H,9-10H2,1H3,(H,22,24). The number of alkyl halides is 3. The topological polar surface area (TPSA) is 84.5 Å². The molecule has 0 heterocycles. The van der Waals surface area contributed by atoms with Crippen LogP contribution in [0.15, 0.2) is 47.4 Å². The molecule has 11 heteroatoms. The molecule has 0 fully saturated rings. The van der Waals surface area contributed by atoms with Crippen molar-refractivity contribution in [1.82, 2.24) is 10.0 Å². The molecular formula is C17H16F4N2O4S. The summed E-state index contributed by atoms with van der Waals surface area (Å²) >= 11 is 0. The molecule has 0 bridgehead atoms. The van der Waals surface area contributed by atoms with Crippen molar-refractivity contribution in [2.24, 2.45) is 0 Å². The Kier molecular flexibility index (Phi) is 6.62. The van der Waals surface area contributed by atoms with Crippen molar-refractivity contribution in [3.05, 3.63) is 59.4 Å². The number of sulfonamides is 1. The summed E-state index contributed by atoms with van der Waals surface area (Å²) in [6.07, 6.45) is -4.89. The summed E-state index contributed by atoms with van der Waals surface area (Å²) < 4.78 is 79.6. The monoisotopic (exact) mass is 420 g/mol. The lowest BCUT2D eigenvalue weighted by Crippen LogP contribution is -2.36. The zero-order valence-corrected chi connectivity index (χ0v) is 15.3. The largest absolute Gasteiger partial charge is 0.573 e. The Hall–Kier alpha value is -2.66. The molecule has 6 nitrogen and oxygen atoms in total. The van der Waals surface area contributed by atoms with Crippen molar-refractivity contribution in [1.29, 1.82) is 0 Å². The number of amides is 1. The molecule has 2 aromatic carbocycles. The molecule has 152 valence electrons. The molecular weight excluding hydrogens is 404 g/mol. The van der Waals surface area contributed by atoms with Gasteiger partial charge in [0.15, 0.2) is 0 Å². The number of carbonyl (C=O) groups excluding carboxylic acids is 1. The fraction of sp³-hybridized carbons (Fsp3) is 0.235. The zero-order chi connectivity index (χ0) is 20.9. The van der Waals surface area contributed by atoms with Crippen molar-refractivity contribution in [3.8, 4) is 5.75 Å². The van der Waals surface area contributed by atoms with E-state index in [-0.39, 0.29) is 11.4 Å². The molecule has 0 spiro atoms. The maximum Gasteiger partial charge on any atom is 0.573 e. The molecule has 0 saturated heterocycles. The predicted octanol–water partition coefficient (Wildman–Crippen LogP) is 2.63. The second kappa shape index (κ2) is 8.57. The van der Waals surface area contributed by atoms with Crippen LogP contribution in [0.4, 0.5) is 17.6 Å². The second-order valence-electron chi connectivity index (χ2n) is 5.70. The van der Waals surface area contributed by atoms with E-state index in [0.717, 1.165) is 24.3 Å². The van der Waals surface area contributed by atoms with Gasteiger partial charge in [0.25, 0.3) is 0 Å². The Bertz CT molecular complexity index is 945. The molecule has 28 heavy (non-hydrogen) atoms. The van der Waals surface area contributed by atoms with E-state index in [4.69, 9.17) is 0 Å². The first-order valence-electron chi connectivity index (χ1n) is 7.83. The number of hydrogen-bond acceptors (Lipinski definition) is 4. The fourth-order valence-corrected chi connectivity index (χ4v) is 3.06. The van der Waals surface area contributed by atoms with Gasteiger partial charge in [0, 0.05) is 6.54 Å². The van der Waals surface area contributed by atoms with E-state index >= 15 is 0 Å². The highest BCUT2D eigenvalue weighted by Gasteiger charge is 2.31. The number of hydrogen-bond donors (Lipinski definition) is 2. The summed E-state index contributed by atoms with van der Waals surface area (Å²) in [6.45, 7) is 0.993. The van der Waals surface area contributed by atoms with Crippen LogP contribution < -0.4 is 14.8 Å². The lowest BCUT2D eigenvalue weighted by atomic mass is 10.1. The summed E-state index contributed by atoms with van der Waals surface area (Å²) in [6, 6.07) is 7.93. The minimum atomic E-state index is -4.89. The van der Waals surface area contributed by atoms with Crippen LogP contribution in [-0.4, -0.2) is 27.2 Å². The summed E-state index contributed by atoms with van der Waals surface area (Å²) in [4.78, 5) is 11.4. The van der Waals surface area contributed by atoms with E-state index in [0.29, 0.717) is 11.1 Å². The van der Waals surface area contributed by atoms with Crippen LogP contribution in [-0.2, 0) is 21.4 Å². The maximum atomic E-state index is 13.4. The van der Waals surface area contributed by atoms with Gasteiger partial charge in [-0.05, 0) is 48.4 Å². The quantitative estimate of drug-likeness (QED) is 0.675.